The van der Waals surface area contributed by atoms with Gasteiger partial charge in [0.25, 0.3) is 0 Å². The van der Waals surface area contributed by atoms with Crippen LogP contribution in [0.2, 0.25) is 0 Å². The van der Waals surface area contributed by atoms with Crippen LogP contribution in [0.4, 0.5) is 5.69 Å². The highest BCUT2D eigenvalue weighted by atomic mass is 16.6. The molecular formula is C19H25N3O4. The molecule has 0 aliphatic carbocycles. The summed E-state index contributed by atoms with van der Waals surface area (Å²) in [7, 11) is 0. The lowest BCUT2D eigenvalue weighted by Crippen LogP contribution is -2.51. The molecule has 0 bridgehead atoms. The molecule has 2 saturated heterocycles. The van der Waals surface area contributed by atoms with Crippen molar-refractivity contribution in [2.24, 2.45) is 11.8 Å². The average Bonchev–Trinajstić information content (AvgIpc) is 3.05. The lowest BCUT2D eigenvalue weighted by atomic mass is 9.94. The number of nitrogens with zero attached hydrogens (tertiary/aromatic N) is 1. The number of fused-ring (bicyclic) bond motifs is 1. The zero-order valence-electron chi connectivity index (χ0n) is 15.0. The Hall–Kier alpha value is -2.28. The molecule has 3 atom stereocenters. The molecule has 26 heavy (non-hydrogen) atoms. The summed E-state index contributed by atoms with van der Waals surface area (Å²) < 4.78 is 11.1. The SMILES string of the molecule is CC1CCNCC1NC(=O)C1CC(=O)N(c2ccc3c(c2)OCCO3)C1. The van der Waals surface area contributed by atoms with Crippen LogP contribution in [0.25, 0.3) is 0 Å². The van der Waals surface area contributed by atoms with Gasteiger partial charge in [0.1, 0.15) is 13.2 Å². The quantitative estimate of drug-likeness (QED) is 0.839. The van der Waals surface area contributed by atoms with Crippen molar-refractivity contribution in [3.05, 3.63) is 18.2 Å². The van der Waals surface area contributed by atoms with E-state index < -0.39 is 0 Å². The van der Waals surface area contributed by atoms with E-state index in [1.165, 1.54) is 0 Å². The lowest BCUT2D eigenvalue weighted by molar-refractivity contribution is -0.127. The van der Waals surface area contributed by atoms with E-state index in [0.717, 1.165) is 25.2 Å². The smallest absolute Gasteiger partial charge is 0.227 e. The first kappa shape index (κ1) is 17.1. The number of amides is 2. The Bertz CT molecular complexity index is 708. The van der Waals surface area contributed by atoms with Gasteiger partial charge in [-0.25, -0.2) is 0 Å². The fourth-order valence-electron chi connectivity index (χ4n) is 3.82. The van der Waals surface area contributed by atoms with E-state index in [4.69, 9.17) is 9.47 Å². The molecule has 0 saturated carbocycles. The first-order valence-electron chi connectivity index (χ1n) is 9.33. The molecular weight excluding hydrogens is 334 g/mol. The maximum Gasteiger partial charge on any atom is 0.227 e. The minimum absolute atomic E-state index is 0.0288. The monoisotopic (exact) mass is 359 g/mol. The van der Waals surface area contributed by atoms with Gasteiger partial charge in [-0.05, 0) is 31.0 Å². The molecule has 7 nitrogen and oxygen atoms in total. The minimum Gasteiger partial charge on any atom is -0.486 e. The molecule has 7 heteroatoms. The summed E-state index contributed by atoms with van der Waals surface area (Å²) in [5.74, 6) is 1.42. The number of ether oxygens (including phenoxy) is 2. The van der Waals surface area contributed by atoms with Crippen LogP contribution >= 0.6 is 0 Å². The molecule has 3 aliphatic rings. The maximum absolute atomic E-state index is 12.7. The van der Waals surface area contributed by atoms with Crippen molar-refractivity contribution in [3.63, 3.8) is 0 Å². The molecule has 2 amide bonds. The average molecular weight is 359 g/mol. The summed E-state index contributed by atoms with van der Waals surface area (Å²) in [5.41, 5.74) is 0.752. The van der Waals surface area contributed by atoms with Gasteiger partial charge in [-0.2, -0.15) is 0 Å². The Kier molecular flexibility index (Phi) is 4.72. The van der Waals surface area contributed by atoms with Gasteiger partial charge in [0.15, 0.2) is 11.5 Å². The van der Waals surface area contributed by atoms with Crippen molar-refractivity contribution in [1.82, 2.24) is 10.6 Å². The van der Waals surface area contributed by atoms with Gasteiger partial charge in [0.05, 0.1) is 5.92 Å². The highest BCUT2D eigenvalue weighted by Crippen LogP contribution is 2.36. The van der Waals surface area contributed by atoms with Gasteiger partial charge in [-0.1, -0.05) is 6.92 Å². The van der Waals surface area contributed by atoms with Crippen LogP contribution in [-0.4, -0.2) is 50.7 Å². The summed E-state index contributed by atoms with van der Waals surface area (Å²) in [6.07, 6.45) is 1.30. The van der Waals surface area contributed by atoms with E-state index >= 15 is 0 Å². The summed E-state index contributed by atoms with van der Waals surface area (Å²) in [6.45, 7) is 5.38. The number of rotatable bonds is 3. The second kappa shape index (κ2) is 7.15. The van der Waals surface area contributed by atoms with E-state index in [9.17, 15) is 9.59 Å². The fourth-order valence-corrected chi connectivity index (χ4v) is 3.82. The molecule has 4 rings (SSSR count). The summed E-state index contributed by atoms with van der Waals surface area (Å²) in [6, 6.07) is 5.62. The van der Waals surface area contributed by atoms with Crippen molar-refractivity contribution < 1.29 is 19.1 Å². The van der Waals surface area contributed by atoms with E-state index in [2.05, 4.69) is 17.6 Å². The van der Waals surface area contributed by atoms with Crippen LogP contribution in [-0.2, 0) is 9.59 Å². The highest BCUT2D eigenvalue weighted by molar-refractivity contribution is 6.00. The van der Waals surface area contributed by atoms with Crippen molar-refractivity contribution in [3.8, 4) is 11.5 Å². The topological polar surface area (TPSA) is 79.9 Å². The molecule has 1 aromatic carbocycles. The Morgan fingerprint density at radius 3 is 2.88 bits per heavy atom. The van der Waals surface area contributed by atoms with Crippen LogP contribution in [0.1, 0.15) is 19.8 Å². The van der Waals surface area contributed by atoms with E-state index in [1.54, 1.807) is 4.90 Å². The normalized spacial score (nSPS) is 28.1. The van der Waals surface area contributed by atoms with Gasteiger partial charge in [0, 0.05) is 37.3 Å². The van der Waals surface area contributed by atoms with Crippen molar-refractivity contribution in [2.45, 2.75) is 25.8 Å². The number of carbonyl (C=O) groups excluding carboxylic acids is 2. The molecule has 140 valence electrons. The second-order valence-corrected chi connectivity index (χ2v) is 7.32. The zero-order chi connectivity index (χ0) is 18.1. The first-order chi connectivity index (χ1) is 12.6. The van der Waals surface area contributed by atoms with Crippen LogP contribution in [0.15, 0.2) is 18.2 Å². The third-order valence-corrected chi connectivity index (χ3v) is 5.49. The molecule has 2 N–H and O–H groups in total. The summed E-state index contributed by atoms with van der Waals surface area (Å²) >= 11 is 0. The number of piperidine rings is 1. The van der Waals surface area contributed by atoms with Gasteiger partial charge in [-0.15, -0.1) is 0 Å². The molecule has 1 aromatic rings. The summed E-state index contributed by atoms with van der Waals surface area (Å²) in [4.78, 5) is 26.8. The van der Waals surface area contributed by atoms with E-state index in [1.807, 2.05) is 18.2 Å². The summed E-state index contributed by atoms with van der Waals surface area (Å²) in [5, 5.41) is 6.44. The third kappa shape index (κ3) is 3.35. The Morgan fingerprint density at radius 1 is 1.27 bits per heavy atom. The Morgan fingerprint density at radius 2 is 2.08 bits per heavy atom. The second-order valence-electron chi connectivity index (χ2n) is 7.32. The van der Waals surface area contributed by atoms with Gasteiger partial charge in [-0.3, -0.25) is 9.59 Å². The van der Waals surface area contributed by atoms with Crippen LogP contribution in [0.3, 0.4) is 0 Å². The van der Waals surface area contributed by atoms with Crippen LogP contribution < -0.4 is 25.0 Å². The van der Waals surface area contributed by atoms with Crippen molar-refractivity contribution in [1.29, 1.82) is 0 Å². The highest BCUT2D eigenvalue weighted by Gasteiger charge is 2.37. The standard InChI is InChI=1S/C19H25N3O4/c1-12-4-5-20-10-15(12)21-19(24)13-8-18(23)22(11-13)14-2-3-16-17(9-14)26-7-6-25-16/h2-3,9,12-13,15,20H,4-8,10-11H2,1H3,(H,21,24). The Balaban J connectivity index is 1.42. The predicted molar refractivity (Wildman–Crippen MR) is 96.5 cm³/mol. The molecule has 3 aliphatic heterocycles. The molecule has 2 fully saturated rings. The fraction of sp³-hybridized carbons (Fsp3) is 0.579. The van der Waals surface area contributed by atoms with Crippen molar-refractivity contribution in [2.75, 3.05) is 37.7 Å². The molecule has 0 radical (unpaired) electrons. The number of nitrogens with one attached hydrogen (secondary N) is 2. The van der Waals surface area contributed by atoms with E-state index in [0.29, 0.717) is 37.2 Å². The molecule has 0 spiro atoms. The maximum atomic E-state index is 12.7. The molecule has 0 aromatic heterocycles. The van der Waals surface area contributed by atoms with Crippen LogP contribution in [0.5, 0.6) is 11.5 Å². The van der Waals surface area contributed by atoms with Gasteiger partial charge in [0.2, 0.25) is 11.8 Å². The zero-order valence-corrected chi connectivity index (χ0v) is 15.0. The van der Waals surface area contributed by atoms with E-state index in [-0.39, 0.29) is 30.2 Å². The largest absolute Gasteiger partial charge is 0.486 e. The molecule has 3 unspecified atom stereocenters. The first-order valence-corrected chi connectivity index (χ1v) is 9.33. The predicted octanol–water partition coefficient (Wildman–Crippen LogP) is 0.925. The lowest BCUT2D eigenvalue weighted by Gasteiger charge is -2.31. The molecule has 3 heterocycles. The van der Waals surface area contributed by atoms with Crippen LogP contribution in [0, 0.1) is 11.8 Å². The third-order valence-electron chi connectivity index (χ3n) is 5.49. The number of hydrogen-bond donors (Lipinski definition) is 2. The number of benzene rings is 1. The number of carbonyl (C=O) groups is 2. The minimum atomic E-state index is -0.315. The van der Waals surface area contributed by atoms with Crippen molar-refractivity contribution >= 4 is 17.5 Å². The number of anilines is 1. The Labute approximate surface area is 153 Å². The van der Waals surface area contributed by atoms with Gasteiger partial charge >= 0.3 is 0 Å². The number of hydrogen-bond acceptors (Lipinski definition) is 5. The van der Waals surface area contributed by atoms with Gasteiger partial charge < -0.3 is 25.0 Å².